The third-order valence-electron chi connectivity index (χ3n) is 3.92. The van der Waals surface area contributed by atoms with Crippen LogP contribution in [-0.4, -0.2) is 24.5 Å². The molecule has 0 unspecified atom stereocenters. The highest BCUT2D eigenvalue weighted by Crippen LogP contribution is 2.40. The van der Waals surface area contributed by atoms with Gasteiger partial charge in [-0.05, 0) is 43.2 Å². The van der Waals surface area contributed by atoms with Crippen molar-refractivity contribution >= 4 is 38.6 Å². The molecule has 3 aromatic rings. The Morgan fingerprint density at radius 2 is 1.93 bits per heavy atom. The first kappa shape index (κ1) is 17.7. The van der Waals surface area contributed by atoms with Crippen LogP contribution >= 0.6 is 11.3 Å². The van der Waals surface area contributed by atoms with Gasteiger partial charge in [0.05, 0.1) is 0 Å². The molecular weight excluding hydrogens is 388 g/mol. The second kappa shape index (κ2) is 6.78. The Morgan fingerprint density at radius 1 is 1.22 bits per heavy atom. The zero-order valence-corrected chi connectivity index (χ0v) is 15.9. The van der Waals surface area contributed by atoms with Crippen molar-refractivity contribution in [2.75, 3.05) is 10.0 Å². The van der Waals surface area contributed by atoms with Crippen LogP contribution in [-0.2, 0) is 14.8 Å². The van der Waals surface area contributed by atoms with Gasteiger partial charge in [-0.25, -0.2) is 8.42 Å². The van der Waals surface area contributed by atoms with E-state index in [1.54, 1.807) is 29.6 Å². The van der Waals surface area contributed by atoms with Crippen LogP contribution in [0.25, 0.3) is 11.4 Å². The summed E-state index contributed by atoms with van der Waals surface area (Å²) in [5, 5.41) is 8.25. The first-order valence-corrected chi connectivity index (χ1v) is 10.6. The molecule has 2 heterocycles. The Kier molecular flexibility index (Phi) is 4.44. The summed E-state index contributed by atoms with van der Waals surface area (Å²) in [5.74, 6) is 1.16. The zero-order chi connectivity index (χ0) is 19.0. The molecule has 0 spiro atoms. The molecule has 27 heavy (non-hydrogen) atoms. The molecule has 2 aromatic heterocycles. The van der Waals surface area contributed by atoms with E-state index in [0.717, 1.165) is 24.2 Å². The number of carbonyl (C=O) groups is 1. The molecule has 0 atom stereocenters. The van der Waals surface area contributed by atoms with E-state index in [-0.39, 0.29) is 10.1 Å². The number of sulfonamides is 1. The molecule has 140 valence electrons. The maximum atomic E-state index is 12.6. The Hall–Kier alpha value is -2.72. The monoisotopic (exact) mass is 404 g/mol. The smallest absolute Gasteiger partial charge is 0.271 e. The number of nitrogens with zero attached hydrogens (tertiary/aromatic N) is 2. The van der Waals surface area contributed by atoms with Gasteiger partial charge < -0.3 is 9.84 Å². The maximum Gasteiger partial charge on any atom is 0.271 e. The molecule has 0 radical (unpaired) electrons. The van der Waals surface area contributed by atoms with Crippen LogP contribution in [0.1, 0.15) is 31.6 Å². The summed E-state index contributed by atoms with van der Waals surface area (Å²) in [6.07, 6.45) is 2.10. The van der Waals surface area contributed by atoms with E-state index in [1.807, 2.05) is 0 Å². The Morgan fingerprint density at radius 3 is 2.59 bits per heavy atom. The van der Waals surface area contributed by atoms with E-state index in [2.05, 4.69) is 20.2 Å². The largest absolute Gasteiger partial charge is 0.339 e. The second-order valence-corrected chi connectivity index (χ2v) is 9.07. The van der Waals surface area contributed by atoms with Crippen LogP contribution in [0.5, 0.6) is 0 Å². The molecule has 0 saturated heterocycles. The first-order valence-electron chi connectivity index (χ1n) is 8.24. The van der Waals surface area contributed by atoms with Crippen LogP contribution in [0.2, 0.25) is 0 Å². The van der Waals surface area contributed by atoms with Gasteiger partial charge in [0.2, 0.25) is 17.6 Å². The molecule has 1 amide bonds. The third kappa shape index (κ3) is 4.01. The van der Waals surface area contributed by atoms with Crippen molar-refractivity contribution in [2.45, 2.75) is 29.9 Å². The fourth-order valence-corrected chi connectivity index (χ4v) is 4.67. The van der Waals surface area contributed by atoms with Gasteiger partial charge in [0.15, 0.2) is 0 Å². The van der Waals surface area contributed by atoms with Crippen LogP contribution in [0.15, 0.2) is 44.4 Å². The summed E-state index contributed by atoms with van der Waals surface area (Å²) < 4.78 is 33.1. The van der Waals surface area contributed by atoms with Gasteiger partial charge in [0.25, 0.3) is 10.0 Å². The molecule has 0 aliphatic heterocycles. The molecule has 2 N–H and O–H groups in total. The highest BCUT2D eigenvalue weighted by molar-refractivity contribution is 7.94. The summed E-state index contributed by atoms with van der Waals surface area (Å²) in [6.45, 7) is 1.41. The second-order valence-electron chi connectivity index (χ2n) is 6.25. The molecule has 0 bridgehead atoms. The lowest BCUT2D eigenvalue weighted by atomic mass is 10.3. The number of rotatable bonds is 6. The van der Waals surface area contributed by atoms with Crippen molar-refractivity contribution < 1.29 is 17.7 Å². The predicted octanol–water partition coefficient (Wildman–Crippen LogP) is 3.43. The summed E-state index contributed by atoms with van der Waals surface area (Å²) in [6, 6.07) is 7.94. The van der Waals surface area contributed by atoms with Gasteiger partial charge in [-0.1, -0.05) is 5.16 Å². The molecule has 8 nitrogen and oxygen atoms in total. The standard InChI is InChI=1S/C17H16N4O4S2/c1-10(22)18-13-4-6-14(7-5-13)21-27(23,24)15-8-12(9-26-15)16-19-17(25-20-16)11-2-3-11/h4-9,11,21H,2-3H2,1H3,(H,18,22). The van der Waals surface area contributed by atoms with Crippen LogP contribution in [0, 0.1) is 0 Å². The SMILES string of the molecule is CC(=O)Nc1ccc(NS(=O)(=O)c2cc(-c3noc(C4CC4)n3)cs2)cc1. The Bertz CT molecular complexity index is 1080. The summed E-state index contributed by atoms with van der Waals surface area (Å²) in [5.41, 5.74) is 1.60. The van der Waals surface area contributed by atoms with Gasteiger partial charge >= 0.3 is 0 Å². The van der Waals surface area contributed by atoms with Crippen molar-refractivity contribution in [2.24, 2.45) is 0 Å². The molecule has 1 aliphatic carbocycles. The number of aromatic nitrogens is 2. The lowest BCUT2D eigenvalue weighted by Crippen LogP contribution is -2.11. The summed E-state index contributed by atoms with van der Waals surface area (Å²) in [4.78, 5) is 15.4. The normalized spacial score (nSPS) is 14.1. The summed E-state index contributed by atoms with van der Waals surface area (Å²) >= 11 is 1.09. The van der Waals surface area contributed by atoms with E-state index in [0.29, 0.717) is 34.6 Å². The van der Waals surface area contributed by atoms with Crippen LogP contribution in [0.3, 0.4) is 0 Å². The van der Waals surface area contributed by atoms with Gasteiger partial charge in [-0.2, -0.15) is 4.98 Å². The van der Waals surface area contributed by atoms with Gasteiger partial charge in [-0.3, -0.25) is 9.52 Å². The van der Waals surface area contributed by atoms with E-state index >= 15 is 0 Å². The molecule has 1 aliphatic rings. The highest BCUT2D eigenvalue weighted by Gasteiger charge is 2.30. The average Bonchev–Trinajstić information content (AvgIpc) is 3.14. The molecule has 1 aromatic carbocycles. The summed E-state index contributed by atoms with van der Waals surface area (Å²) in [7, 11) is -3.74. The number of hydrogen-bond donors (Lipinski definition) is 2. The number of nitrogens with one attached hydrogen (secondary N) is 2. The van der Waals surface area contributed by atoms with Gasteiger partial charge in [0, 0.05) is 35.2 Å². The van der Waals surface area contributed by atoms with Gasteiger partial charge in [0.1, 0.15) is 4.21 Å². The van der Waals surface area contributed by atoms with Crippen molar-refractivity contribution in [3.8, 4) is 11.4 Å². The predicted molar refractivity (Wildman–Crippen MR) is 101 cm³/mol. The minimum atomic E-state index is -3.74. The number of thiophene rings is 1. The van der Waals surface area contributed by atoms with E-state index in [1.165, 1.54) is 13.0 Å². The molecule has 1 saturated carbocycles. The van der Waals surface area contributed by atoms with E-state index < -0.39 is 10.0 Å². The molecular formula is C17H16N4O4S2. The minimum absolute atomic E-state index is 0.154. The average molecular weight is 404 g/mol. The number of hydrogen-bond acceptors (Lipinski definition) is 7. The highest BCUT2D eigenvalue weighted by atomic mass is 32.2. The lowest BCUT2D eigenvalue weighted by Gasteiger charge is -2.07. The van der Waals surface area contributed by atoms with E-state index in [4.69, 9.17) is 4.52 Å². The van der Waals surface area contributed by atoms with Gasteiger partial charge in [-0.15, -0.1) is 11.3 Å². The molecule has 1 fully saturated rings. The fourth-order valence-electron chi connectivity index (χ4n) is 2.45. The number of carbonyl (C=O) groups excluding carboxylic acids is 1. The number of amides is 1. The molecule has 4 rings (SSSR count). The van der Waals surface area contributed by atoms with Crippen molar-refractivity contribution in [3.63, 3.8) is 0 Å². The van der Waals surface area contributed by atoms with E-state index in [9.17, 15) is 13.2 Å². The molecule has 10 heteroatoms. The third-order valence-corrected chi connectivity index (χ3v) is 6.75. The number of anilines is 2. The maximum absolute atomic E-state index is 12.6. The Labute approximate surface area is 159 Å². The minimum Gasteiger partial charge on any atom is -0.339 e. The lowest BCUT2D eigenvalue weighted by molar-refractivity contribution is -0.114. The van der Waals surface area contributed by atoms with Crippen molar-refractivity contribution in [1.29, 1.82) is 0 Å². The topological polar surface area (TPSA) is 114 Å². The zero-order valence-electron chi connectivity index (χ0n) is 14.3. The Balaban J connectivity index is 1.50. The number of benzene rings is 1. The quantitative estimate of drug-likeness (QED) is 0.650. The first-order chi connectivity index (χ1) is 12.9. The van der Waals surface area contributed by atoms with Crippen LogP contribution in [0.4, 0.5) is 11.4 Å². The van der Waals surface area contributed by atoms with Crippen molar-refractivity contribution in [3.05, 3.63) is 41.6 Å². The fraction of sp³-hybridized carbons (Fsp3) is 0.235. The van der Waals surface area contributed by atoms with Crippen LogP contribution < -0.4 is 10.0 Å². The van der Waals surface area contributed by atoms with Crippen molar-refractivity contribution in [1.82, 2.24) is 10.1 Å².